The summed E-state index contributed by atoms with van der Waals surface area (Å²) >= 11 is 0. The minimum atomic E-state index is -0.417. The van der Waals surface area contributed by atoms with Crippen LogP contribution < -0.4 is 5.32 Å². The van der Waals surface area contributed by atoms with Crippen molar-refractivity contribution >= 4 is 17.4 Å². The maximum absolute atomic E-state index is 13.2. The third-order valence-electron chi connectivity index (χ3n) is 6.21. The van der Waals surface area contributed by atoms with E-state index in [1.54, 1.807) is 4.90 Å². The molecule has 138 valence electrons. The first kappa shape index (κ1) is 17.3. The van der Waals surface area contributed by atoms with Gasteiger partial charge in [-0.1, -0.05) is 39.2 Å². The third-order valence-corrected chi connectivity index (χ3v) is 6.21. The average Bonchev–Trinajstić information content (AvgIpc) is 3.29. The van der Waals surface area contributed by atoms with Gasteiger partial charge in [-0.2, -0.15) is 0 Å². The van der Waals surface area contributed by atoms with Gasteiger partial charge < -0.3 is 10.2 Å². The van der Waals surface area contributed by atoms with Gasteiger partial charge in [0.1, 0.15) is 6.04 Å². The van der Waals surface area contributed by atoms with Crippen LogP contribution in [0.5, 0.6) is 0 Å². The Morgan fingerprint density at radius 2 is 2.15 bits per heavy atom. The van der Waals surface area contributed by atoms with Crippen molar-refractivity contribution < 1.29 is 9.59 Å². The molecule has 1 fully saturated rings. The zero-order chi connectivity index (χ0) is 18.3. The topological polar surface area (TPSA) is 62.3 Å². The van der Waals surface area contributed by atoms with E-state index in [4.69, 9.17) is 0 Å². The Labute approximate surface area is 154 Å². The number of hydrogen-bond acceptors (Lipinski definition) is 3. The second kappa shape index (κ2) is 6.86. The summed E-state index contributed by atoms with van der Waals surface area (Å²) in [6.45, 7) is 4.65. The standard InChI is InChI=1S/C21H27N3O2/c1-3-13(2)19(20(25)23-15-6-4-5-7-15)24-12-14-10-11-22-17-9-8-16(18(14)17)21(24)26/h8,10-11,13,15,19H,3-7,9,12H2,1-2H3,(H,23,25)/t13-,19-/m1/s1. The zero-order valence-corrected chi connectivity index (χ0v) is 15.6. The van der Waals surface area contributed by atoms with Crippen LogP contribution in [0.3, 0.4) is 0 Å². The van der Waals surface area contributed by atoms with Crippen molar-refractivity contribution in [3.63, 3.8) is 0 Å². The van der Waals surface area contributed by atoms with Gasteiger partial charge in [-0.15, -0.1) is 0 Å². The number of allylic oxidation sites excluding steroid dienone is 1. The Morgan fingerprint density at radius 3 is 2.88 bits per heavy atom. The van der Waals surface area contributed by atoms with Crippen molar-refractivity contribution in [2.75, 3.05) is 0 Å². The van der Waals surface area contributed by atoms with Gasteiger partial charge in [-0.3, -0.25) is 14.6 Å². The Morgan fingerprint density at radius 1 is 1.38 bits per heavy atom. The van der Waals surface area contributed by atoms with Crippen molar-refractivity contribution in [3.05, 3.63) is 35.2 Å². The number of carbonyl (C=O) groups excluding carboxylic acids is 2. The van der Waals surface area contributed by atoms with Gasteiger partial charge in [-0.05, 0) is 30.4 Å². The highest BCUT2D eigenvalue weighted by Crippen LogP contribution is 2.37. The van der Waals surface area contributed by atoms with E-state index in [1.165, 1.54) is 12.8 Å². The highest BCUT2D eigenvalue weighted by atomic mass is 16.2. The predicted molar refractivity (Wildman–Crippen MR) is 100 cm³/mol. The molecular weight excluding hydrogens is 326 g/mol. The number of aromatic nitrogens is 1. The van der Waals surface area contributed by atoms with Crippen LogP contribution in [0.15, 0.2) is 18.3 Å². The van der Waals surface area contributed by atoms with Crippen molar-refractivity contribution in [2.24, 2.45) is 5.92 Å². The summed E-state index contributed by atoms with van der Waals surface area (Å²) in [5, 5.41) is 3.22. The molecule has 3 aliphatic rings. The SMILES string of the molecule is CC[C@@H](C)[C@H](C(=O)NC1CCCC1)N1Cc2ccnc3c2C(=CC3)C1=O. The summed E-state index contributed by atoms with van der Waals surface area (Å²) in [7, 11) is 0. The zero-order valence-electron chi connectivity index (χ0n) is 15.6. The molecule has 2 aliphatic carbocycles. The van der Waals surface area contributed by atoms with Crippen LogP contribution in [-0.4, -0.2) is 33.8 Å². The van der Waals surface area contributed by atoms with Crippen LogP contribution in [-0.2, 0) is 22.6 Å². The van der Waals surface area contributed by atoms with Crippen LogP contribution in [0.25, 0.3) is 5.57 Å². The van der Waals surface area contributed by atoms with Crippen LogP contribution in [0.4, 0.5) is 0 Å². The highest BCUT2D eigenvalue weighted by molar-refractivity contribution is 6.23. The number of amides is 2. The molecule has 5 nitrogen and oxygen atoms in total. The van der Waals surface area contributed by atoms with Gasteiger partial charge in [0.25, 0.3) is 5.91 Å². The van der Waals surface area contributed by atoms with Gasteiger partial charge in [0, 0.05) is 36.3 Å². The minimum absolute atomic E-state index is 0.0101. The van der Waals surface area contributed by atoms with E-state index in [0.717, 1.165) is 41.7 Å². The Kier molecular flexibility index (Phi) is 4.55. The molecule has 1 saturated carbocycles. The Hall–Kier alpha value is -2.17. The monoisotopic (exact) mass is 353 g/mol. The molecule has 0 aromatic carbocycles. The second-order valence-corrected chi connectivity index (χ2v) is 7.87. The predicted octanol–water partition coefficient (Wildman–Crippen LogP) is 2.84. The fourth-order valence-electron chi connectivity index (χ4n) is 4.58. The Balaban J connectivity index is 1.64. The Bertz CT molecular complexity index is 765. The van der Waals surface area contributed by atoms with Gasteiger partial charge >= 0.3 is 0 Å². The van der Waals surface area contributed by atoms with Crippen LogP contribution >= 0.6 is 0 Å². The molecule has 4 rings (SSSR count). The molecule has 2 amide bonds. The molecule has 0 saturated heterocycles. The second-order valence-electron chi connectivity index (χ2n) is 7.87. The first-order valence-electron chi connectivity index (χ1n) is 9.88. The van der Waals surface area contributed by atoms with E-state index in [-0.39, 0.29) is 23.8 Å². The van der Waals surface area contributed by atoms with Gasteiger partial charge in [0.15, 0.2) is 0 Å². The number of pyridine rings is 1. The first-order valence-corrected chi connectivity index (χ1v) is 9.88. The summed E-state index contributed by atoms with van der Waals surface area (Å²) in [5.41, 5.74) is 3.84. The lowest BCUT2D eigenvalue weighted by atomic mass is 9.90. The quantitative estimate of drug-likeness (QED) is 0.885. The summed E-state index contributed by atoms with van der Waals surface area (Å²) in [4.78, 5) is 32.5. The summed E-state index contributed by atoms with van der Waals surface area (Å²) in [6.07, 6.45) is 9.81. The molecule has 1 N–H and O–H groups in total. The van der Waals surface area contributed by atoms with Crippen LogP contribution in [0, 0.1) is 5.92 Å². The summed E-state index contributed by atoms with van der Waals surface area (Å²) in [6, 6.07) is 1.84. The molecule has 1 aromatic heterocycles. The van der Waals surface area contributed by atoms with Gasteiger partial charge in [0.2, 0.25) is 5.91 Å². The number of rotatable bonds is 5. The van der Waals surface area contributed by atoms with E-state index < -0.39 is 6.04 Å². The number of hydrogen-bond donors (Lipinski definition) is 1. The molecule has 2 heterocycles. The maximum Gasteiger partial charge on any atom is 0.255 e. The fourth-order valence-corrected chi connectivity index (χ4v) is 4.58. The molecule has 5 heteroatoms. The lowest BCUT2D eigenvalue weighted by Crippen LogP contribution is -2.55. The van der Waals surface area contributed by atoms with Crippen molar-refractivity contribution in [3.8, 4) is 0 Å². The van der Waals surface area contributed by atoms with Crippen LogP contribution in [0.1, 0.15) is 62.8 Å². The largest absolute Gasteiger partial charge is 0.352 e. The highest BCUT2D eigenvalue weighted by Gasteiger charge is 2.41. The van der Waals surface area contributed by atoms with E-state index in [1.807, 2.05) is 18.3 Å². The molecule has 1 aliphatic heterocycles. The molecule has 0 spiro atoms. The molecule has 0 unspecified atom stereocenters. The van der Waals surface area contributed by atoms with Gasteiger partial charge in [0.05, 0.1) is 5.69 Å². The lowest BCUT2D eigenvalue weighted by molar-refractivity contribution is -0.140. The van der Waals surface area contributed by atoms with Crippen molar-refractivity contribution in [2.45, 2.75) is 71.0 Å². The van der Waals surface area contributed by atoms with Crippen LogP contribution in [0.2, 0.25) is 0 Å². The maximum atomic E-state index is 13.2. The molecule has 26 heavy (non-hydrogen) atoms. The van der Waals surface area contributed by atoms with E-state index in [0.29, 0.717) is 13.0 Å². The van der Waals surface area contributed by atoms with Crippen molar-refractivity contribution in [1.29, 1.82) is 0 Å². The summed E-state index contributed by atoms with van der Waals surface area (Å²) in [5.74, 6) is 0.109. The molecule has 1 aromatic rings. The minimum Gasteiger partial charge on any atom is -0.352 e. The first-order chi connectivity index (χ1) is 12.6. The summed E-state index contributed by atoms with van der Waals surface area (Å²) < 4.78 is 0. The number of nitrogens with zero attached hydrogens (tertiary/aromatic N) is 2. The number of carbonyl (C=O) groups is 2. The lowest BCUT2D eigenvalue weighted by Gasteiger charge is -2.38. The van der Waals surface area contributed by atoms with E-state index >= 15 is 0 Å². The normalized spacial score (nSPS) is 21.4. The number of nitrogens with one attached hydrogen (secondary N) is 1. The molecular formula is C21H27N3O2. The van der Waals surface area contributed by atoms with Crippen molar-refractivity contribution in [1.82, 2.24) is 15.2 Å². The van der Waals surface area contributed by atoms with E-state index in [2.05, 4.69) is 24.1 Å². The smallest absolute Gasteiger partial charge is 0.255 e. The van der Waals surface area contributed by atoms with E-state index in [9.17, 15) is 9.59 Å². The fraction of sp³-hybridized carbons (Fsp3) is 0.571. The molecule has 0 bridgehead atoms. The average molecular weight is 353 g/mol. The third kappa shape index (κ3) is 2.83. The molecule has 0 radical (unpaired) electrons. The molecule has 2 atom stereocenters. The van der Waals surface area contributed by atoms with Gasteiger partial charge in [-0.25, -0.2) is 0 Å².